The molecule has 1 saturated heterocycles. The summed E-state index contributed by atoms with van der Waals surface area (Å²) < 4.78 is 16.3. The third kappa shape index (κ3) is 6.62. The third-order valence-electron chi connectivity index (χ3n) is 6.34. The molecule has 1 heterocycles. The maximum Gasteiger partial charge on any atom is 0.373 e. The van der Waals surface area contributed by atoms with Gasteiger partial charge in [-0.3, -0.25) is 4.90 Å². The molecule has 0 saturated carbocycles. The smallest absolute Gasteiger partial charge is 0.291 e. The lowest BCUT2D eigenvalue weighted by Gasteiger charge is -2.55. The van der Waals surface area contributed by atoms with Crippen molar-refractivity contribution in [2.45, 2.75) is 44.5 Å². The number of hydrogen-bond donors (Lipinski definition) is 1. The van der Waals surface area contributed by atoms with E-state index in [0.717, 1.165) is 13.1 Å². The van der Waals surface area contributed by atoms with Gasteiger partial charge < -0.3 is 0 Å². The van der Waals surface area contributed by atoms with Gasteiger partial charge in [0.25, 0.3) is 0 Å². The number of benzene rings is 3. The topological polar surface area (TPSA) is 66.5 Å². The molecule has 3 aromatic rings. The molecule has 0 bridgehead atoms. The summed E-state index contributed by atoms with van der Waals surface area (Å²) in [5.41, 5.74) is 3.79. The minimum Gasteiger partial charge on any atom is -0.291 e. The summed E-state index contributed by atoms with van der Waals surface area (Å²) in [6, 6.07) is 32.2. The van der Waals surface area contributed by atoms with Gasteiger partial charge in [0, 0.05) is 18.5 Å². The average molecular weight is 491 g/mol. The Morgan fingerprint density at radius 3 is 1.54 bits per heavy atom. The predicted molar refractivity (Wildman–Crippen MR) is 140 cm³/mol. The zero-order valence-electron chi connectivity index (χ0n) is 20.8. The van der Waals surface area contributed by atoms with Gasteiger partial charge in [-0.15, -0.1) is 0 Å². The Morgan fingerprint density at radius 2 is 1.17 bits per heavy atom. The Bertz CT molecular complexity index is 1080. The van der Waals surface area contributed by atoms with Crippen LogP contribution in [-0.2, 0) is 20.6 Å². The van der Waals surface area contributed by atoms with Gasteiger partial charge in [0.2, 0.25) is 0 Å². The van der Waals surface area contributed by atoms with Crippen LogP contribution in [0.1, 0.15) is 56.5 Å². The van der Waals surface area contributed by atoms with Crippen LogP contribution in [0.25, 0.3) is 0 Å². The second-order valence-corrected chi connectivity index (χ2v) is 12.2. The Labute approximate surface area is 211 Å². The van der Waals surface area contributed by atoms with Crippen LogP contribution in [0, 0.1) is 5.41 Å². The largest absolute Gasteiger partial charge is 0.373 e. The predicted octanol–water partition coefficient (Wildman–Crippen LogP) is 5.31. The molecule has 1 fully saturated rings. The fraction of sp³-hybridized carbons (Fsp3) is 0.345. The van der Waals surface area contributed by atoms with Gasteiger partial charge in [-0.1, -0.05) is 97.9 Å². The van der Waals surface area contributed by atoms with Crippen molar-refractivity contribution in [3.63, 3.8) is 0 Å². The normalized spacial score (nSPS) is 16.8. The minimum atomic E-state index is -1.14. The van der Waals surface area contributed by atoms with Gasteiger partial charge in [-0.05, 0) is 37.5 Å². The van der Waals surface area contributed by atoms with Gasteiger partial charge in [0.1, 0.15) is 0 Å². The molecule has 0 spiro atoms. The number of hydrogen-bond acceptors (Lipinski definition) is 4. The highest BCUT2D eigenvalue weighted by Crippen LogP contribution is 2.47. The molecule has 2 atom stereocenters. The van der Waals surface area contributed by atoms with E-state index >= 15 is 0 Å². The van der Waals surface area contributed by atoms with E-state index in [0.29, 0.717) is 0 Å². The number of likely N-dealkylation sites (tertiary alicyclic amines) is 1. The number of nitrogens with one attached hydrogen (secondary N) is 1. The van der Waals surface area contributed by atoms with Crippen LogP contribution >= 0.6 is 0 Å². The molecule has 0 radical (unpaired) electrons. The highest BCUT2D eigenvalue weighted by Gasteiger charge is 2.49. The molecule has 6 heteroatoms. The molecule has 4 rings (SSSR count). The van der Waals surface area contributed by atoms with E-state index in [1.165, 1.54) is 16.7 Å². The molecule has 0 unspecified atom stereocenters. The van der Waals surface area contributed by atoms with Crippen molar-refractivity contribution < 1.29 is 13.8 Å². The van der Waals surface area contributed by atoms with E-state index < -0.39 is 11.0 Å². The van der Waals surface area contributed by atoms with Gasteiger partial charge in [0.15, 0.2) is 0 Å². The van der Waals surface area contributed by atoms with Crippen molar-refractivity contribution in [1.29, 1.82) is 0 Å². The van der Waals surface area contributed by atoms with Crippen molar-refractivity contribution in [1.82, 2.24) is 9.62 Å². The van der Waals surface area contributed by atoms with E-state index in [4.69, 9.17) is 9.59 Å². The van der Waals surface area contributed by atoms with Crippen LogP contribution in [0.5, 0.6) is 0 Å². The first-order chi connectivity index (χ1) is 16.7. The lowest BCUT2D eigenvalue weighted by atomic mass is 9.71. The standard InChI is InChI=1S/C28H34N2OS.CO2/c1-27(2,3)32(31)29-26(24-18-12-7-13-19-24)28(4)20-30(21-28)25(22-14-8-5-9-15-22)23-16-10-6-11-17-23;2-1-3/h5-19,25-26,29H,20-21H2,1-4H3;/t26-,32+;/m0./s1. The quantitative estimate of drug-likeness (QED) is 0.488. The maximum absolute atomic E-state index is 13.1. The highest BCUT2D eigenvalue weighted by molar-refractivity contribution is 7.84. The van der Waals surface area contributed by atoms with Crippen LogP contribution in [0.4, 0.5) is 0 Å². The van der Waals surface area contributed by atoms with Gasteiger partial charge in [-0.2, -0.15) is 9.59 Å². The number of nitrogens with zero attached hydrogens (tertiary/aromatic N) is 1. The van der Waals surface area contributed by atoms with Crippen LogP contribution in [0.3, 0.4) is 0 Å². The van der Waals surface area contributed by atoms with E-state index in [-0.39, 0.29) is 28.4 Å². The molecule has 0 aliphatic carbocycles. The zero-order valence-corrected chi connectivity index (χ0v) is 21.6. The van der Waals surface area contributed by atoms with E-state index in [2.05, 4.69) is 101 Å². The molecule has 35 heavy (non-hydrogen) atoms. The van der Waals surface area contributed by atoms with Gasteiger partial charge in [0.05, 0.1) is 27.8 Å². The highest BCUT2D eigenvalue weighted by atomic mass is 32.2. The molecule has 5 nitrogen and oxygen atoms in total. The van der Waals surface area contributed by atoms with Crippen LogP contribution < -0.4 is 4.72 Å². The fourth-order valence-corrected chi connectivity index (χ4v) is 5.66. The first-order valence-corrected chi connectivity index (χ1v) is 12.9. The van der Waals surface area contributed by atoms with Crippen LogP contribution in [0.15, 0.2) is 91.0 Å². The summed E-state index contributed by atoms with van der Waals surface area (Å²) in [6.45, 7) is 10.2. The summed E-state index contributed by atoms with van der Waals surface area (Å²) in [5, 5.41) is 0. The van der Waals surface area contributed by atoms with E-state index in [1.807, 2.05) is 26.8 Å². The third-order valence-corrected chi connectivity index (χ3v) is 7.90. The Morgan fingerprint density at radius 1 is 0.800 bits per heavy atom. The maximum atomic E-state index is 13.1. The minimum absolute atomic E-state index is 0.0206. The molecule has 1 N–H and O–H groups in total. The molecule has 0 amide bonds. The van der Waals surface area contributed by atoms with Crippen LogP contribution in [-0.4, -0.2) is 33.1 Å². The molecule has 184 valence electrons. The second-order valence-electron chi connectivity index (χ2n) is 10.2. The number of carbonyl (C=O) groups excluding carboxylic acids is 2. The summed E-state index contributed by atoms with van der Waals surface area (Å²) in [5.74, 6) is 0. The van der Waals surface area contributed by atoms with Gasteiger partial charge in [-0.25, -0.2) is 8.93 Å². The first-order valence-electron chi connectivity index (χ1n) is 11.8. The van der Waals surface area contributed by atoms with Crippen molar-refractivity contribution >= 4 is 17.1 Å². The molecule has 1 aliphatic rings. The average Bonchev–Trinajstić information content (AvgIpc) is 2.83. The van der Waals surface area contributed by atoms with Crippen molar-refractivity contribution in [3.8, 4) is 0 Å². The van der Waals surface area contributed by atoms with E-state index in [9.17, 15) is 4.21 Å². The van der Waals surface area contributed by atoms with Crippen LogP contribution in [0.2, 0.25) is 0 Å². The van der Waals surface area contributed by atoms with Crippen molar-refractivity contribution in [2.75, 3.05) is 13.1 Å². The molecule has 0 aromatic heterocycles. The summed E-state index contributed by atoms with van der Waals surface area (Å²) >= 11 is 0. The molecular weight excluding hydrogens is 456 g/mol. The lowest BCUT2D eigenvalue weighted by molar-refractivity contribution is -0.191. The van der Waals surface area contributed by atoms with Gasteiger partial charge >= 0.3 is 6.15 Å². The molecular formula is C29H34N2O3S. The van der Waals surface area contributed by atoms with Crippen molar-refractivity contribution in [2.24, 2.45) is 5.41 Å². The number of rotatable bonds is 7. The molecule has 1 aliphatic heterocycles. The Hall–Kier alpha value is -2.89. The summed E-state index contributed by atoms with van der Waals surface area (Å²) in [6.07, 6.45) is 0.250. The Kier molecular flexibility index (Phi) is 8.92. The SMILES string of the molecule is CC1([C@@H](N[S@](=O)C(C)(C)C)c2ccccc2)CN(C(c2ccccc2)c2ccccc2)C1.O=C=O. The lowest BCUT2D eigenvalue weighted by Crippen LogP contribution is -2.61. The first kappa shape index (κ1) is 26.7. The van der Waals surface area contributed by atoms with Crippen molar-refractivity contribution in [3.05, 3.63) is 108 Å². The fourth-order valence-electron chi connectivity index (χ4n) is 4.67. The van der Waals surface area contributed by atoms with E-state index in [1.54, 1.807) is 0 Å². The summed E-state index contributed by atoms with van der Waals surface area (Å²) in [7, 11) is -1.14. The monoisotopic (exact) mass is 490 g/mol. The zero-order chi connectivity index (χ0) is 25.5. The molecule has 3 aromatic carbocycles. The Balaban J connectivity index is 0.00000108. The second kappa shape index (κ2) is 11.7. The summed E-state index contributed by atoms with van der Waals surface area (Å²) in [4.78, 5) is 18.8.